The average molecular weight is 339 g/mol. The van der Waals surface area contributed by atoms with Gasteiger partial charge >= 0.3 is 0 Å². The van der Waals surface area contributed by atoms with Crippen LogP contribution in [-0.4, -0.2) is 26.4 Å². The molecule has 1 amide bonds. The predicted octanol–water partition coefficient (Wildman–Crippen LogP) is 2.41. The van der Waals surface area contributed by atoms with Crippen molar-refractivity contribution < 1.29 is 13.9 Å². The first-order valence-electron chi connectivity index (χ1n) is 8.21. The molecule has 0 bridgehead atoms. The van der Waals surface area contributed by atoms with Crippen molar-refractivity contribution in [2.24, 2.45) is 0 Å². The van der Waals surface area contributed by atoms with Gasteiger partial charge in [-0.3, -0.25) is 4.79 Å². The second-order valence-corrected chi connectivity index (χ2v) is 6.04. The van der Waals surface area contributed by atoms with Crippen LogP contribution in [0.15, 0.2) is 27.4 Å². The summed E-state index contributed by atoms with van der Waals surface area (Å²) in [5.74, 6) is 0.945. The number of nitrogens with zero attached hydrogens (tertiary/aromatic N) is 4. The largest absolute Gasteiger partial charge is 0.344 e. The van der Waals surface area contributed by atoms with Crippen LogP contribution in [0, 0.1) is 6.92 Å². The van der Waals surface area contributed by atoms with E-state index in [4.69, 9.17) is 4.52 Å². The van der Waals surface area contributed by atoms with Gasteiger partial charge in [0, 0.05) is 12.0 Å². The molecule has 3 aromatic rings. The monoisotopic (exact) mass is 339 g/mol. The highest BCUT2D eigenvalue weighted by Crippen LogP contribution is 2.34. The average Bonchev–Trinajstić information content (AvgIpc) is 3.34. The minimum absolute atomic E-state index is 0.0517. The minimum atomic E-state index is -0.272. The number of rotatable bonds is 4. The van der Waals surface area contributed by atoms with Gasteiger partial charge in [0.1, 0.15) is 5.69 Å². The summed E-state index contributed by atoms with van der Waals surface area (Å²) < 4.78 is 9.77. The normalized spacial score (nSPS) is 16.0. The number of hydrogen-bond donors (Lipinski definition) is 1. The molecule has 0 saturated heterocycles. The lowest BCUT2D eigenvalue weighted by atomic mass is 10.0. The lowest BCUT2D eigenvalue weighted by molar-refractivity contribution is 0.0926. The van der Waals surface area contributed by atoms with Gasteiger partial charge in [0.15, 0.2) is 5.69 Å². The number of aromatic nitrogens is 4. The Hall–Kier alpha value is -3.03. The molecule has 0 spiro atoms. The van der Waals surface area contributed by atoms with Crippen LogP contribution >= 0.6 is 0 Å². The molecule has 8 heteroatoms. The molecule has 4 rings (SSSR count). The predicted molar refractivity (Wildman–Crippen MR) is 86.7 cm³/mol. The van der Waals surface area contributed by atoms with Gasteiger partial charge in [-0.05, 0) is 42.1 Å². The lowest BCUT2D eigenvalue weighted by Crippen LogP contribution is -2.28. The molecule has 1 aliphatic rings. The fourth-order valence-corrected chi connectivity index (χ4v) is 3.09. The molecule has 128 valence electrons. The van der Waals surface area contributed by atoms with Gasteiger partial charge in [0.05, 0.1) is 6.04 Å². The van der Waals surface area contributed by atoms with E-state index in [1.807, 2.05) is 19.1 Å². The fraction of sp³-hybridized carbons (Fsp3) is 0.353. The number of fused-ring (bicyclic) bond motifs is 1. The summed E-state index contributed by atoms with van der Waals surface area (Å²) >= 11 is 0. The zero-order valence-corrected chi connectivity index (χ0v) is 13.9. The van der Waals surface area contributed by atoms with E-state index in [2.05, 4.69) is 36.5 Å². The first-order valence-corrected chi connectivity index (χ1v) is 8.21. The molecule has 8 nitrogen and oxygen atoms in total. The molecule has 0 unspecified atom stereocenters. The van der Waals surface area contributed by atoms with Crippen molar-refractivity contribution in [3.05, 3.63) is 46.6 Å². The minimum Gasteiger partial charge on any atom is -0.344 e. The molecule has 0 saturated carbocycles. The molecule has 2 aromatic heterocycles. The maximum Gasteiger partial charge on any atom is 0.275 e. The second kappa shape index (κ2) is 6.12. The van der Waals surface area contributed by atoms with E-state index in [0.29, 0.717) is 23.8 Å². The van der Waals surface area contributed by atoms with Crippen LogP contribution in [0.4, 0.5) is 0 Å². The zero-order valence-electron chi connectivity index (χ0n) is 13.9. The fourth-order valence-electron chi connectivity index (χ4n) is 3.09. The van der Waals surface area contributed by atoms with Gasteiger partial charge in [0.25, 0.3) is 5.91 Å². The third-order valence-corrected chi connectivity index (χ3v) is 4.42. The van der Waals surface area contributed by atoms with Gasteiger partial charge in [-0.15, -0.1) is 0 Å². The molecule has 1 aliphatic carbocycles. The van der Waals surface area contributed by atoms with Crippen molar-refractivity contribution in [1.82, 2.24) is 25.8 Å². The number of carbonyl (C=O) groups excluding carboxylic acids is 1. The van der Waals surface area contributed by atoms with E-state index < -0.39 is 0 Å². The van der Waals surface area contributed by atoms with Crippen molar-refractivity contribution in [1.29, 1.82) is 0 Å². The summed E-state index contributed by atoms with van der Waals surface area (Å²) in [7, 11) is 0. The van der Waals surface area contributed by atoms with E-state index in [1.165, 1.54) is 5.56 Å². The van der Waals surface area contributed by atoms with Crippen LogP contribution in [0.1, 0.15) is 52.6 Å². The van der Waals surface area contributed by atoms with Crippen LogP contribution in [0.5, 0.6) is 0 Å². The van der Waals surface area contributed by atoms with Crippen molar-refractivity contribution in [3.63, 3.8) is 0 Å². The first kappa shape index (κ1) is 15.5. The summed E-state index contributed by atoms with van der Waals surface area (Å²) in [6, 6.07) is 5.98. The first-order chi connectivity index (χ1) is 12.2. The number of nitrogens with one attached hydrogen (secondary N) is 1. The highest BCUT2D eigenvalue weighted by atomic mass is 16.6. The molecule has 1 aromatic carbocycles. The Morgan fingerprint density at radius 3 is 2.92 bits per heavy atom. The number of carbonyl (C=O) groups is 1. The molecule has 0 radical (unpaired) electrons. The van der Waals surface area contributed by atoms with Crippen LogP contribution in [0.3, 0.4) is 0 Å². The van der Waals surface area contributed by atoms with Gasteiger partial charge in [-0.2, -0.15) is 4.98 Å². The Morgan fingerprint density at radius 2 is 2.20 bits per heavy atom. The van der Waals surface area contributed by atoms with Crippen molar-refractivity contribution in [2.75, 3.05) is 0 Å². The Bertz CT molecular complexity index is 930. The Kier molecular flexibility index (Phi) is 3.79. The number of aryl methyl sites for hydroxylation is 3. The van der Waals surface area contributed by atoms with Crippen molar-refractivity contribution >= 4 is 5.91 Å². The highest BCUT2D eigenvalue weighted by Gasteiger charge is 2.27. The Balaban J connectivity index is 1.55. The van der Waals surface area contributed by atoms with E-state index in [0.717, 1.165) is 24.0 Å². The Morgan fingerprint density at radius 1 is 1.32 bits per heavy atom. The van der Waals surface area contributed by atoms with Crippen LogP contribution in [0.2, 0.25) is 0 Å². The summed E-state index contributed by atoms with van der Waals surface area (Å²) in [6.07, 6.45) is 2.42. The quantitative estimate of drug-likeness (QED) is 0.777. The summed E-state index contributed by atoms with van der Waals surface area (Å²) in [4.78, 5) is 16.7. The SMILES string of the molecule is CCc1nc(-c2ccc3c(c2)CC[C@H]3NC(=O)c2nonc2C)no1. The number of hydrogen-bond acceptors (Lipinski definition) is 7. The van der Waals surface area contributed by atoms with E-state index in [9.17, 15) is 4.79 Å². The van der Waals surface area contributed by atoms with Crippen LogP contribution in [0.25, 0.3) is 11.4 Å². The van der Waals surface area contributed by atoms with Gasteiger partial charge in [0.2, 0.25) is 11.7 Å². The Labute approximate surface area is 143 Å². The topological polar surface area (TPSA) is 107 Å². The zero-order chi connectivity index (χ0) is 17.4. The van der Waals surface area contributed by atoms with E-state index >= 15 is 0 Å². The molecule has 0 aliphatic heterocycles. The third-order valence-electron chi connectivity index (χ3n) is 4.42. The number of amides is 1. The molecule has 0 fully saturated rings. The molecule has 1 atom stereocenters. The third kappa shape index (κ3) is 2.79. The van der Waals surface area contributed by atoms with Crippen LogP contribution in [-0.2, 0) is 12.8 Å². The molecule has 2 heterocycles. The van der Waals surface area contributed by atoms with E-state index in [1.54, 1.807) is 6.92 Å². The van der Waals surface area contributed by atoms with Gasteiger partial charge in [-0.25, -0.2) is 4.63 Å². The standard InChI is InChI=1S/C17H17N5O3/c1-3-14-19-16(22-24-14)11-4-6-12-10(8-11)5-7-13(12)18-17(23)15-9(2)20-25-21-15/h4,6,8,13H,3,5,7H2,1-2H3,(H,18,23)/t13-/m1/s1. The second-order valence-electron chi connectivity index (χ2n) is 6.04. The maximum absolute atomic E-state index is 12.3. The van der Waals surface area contributed by atoms with Gasteiger partial charge in [-0.1, -0.05) is 29.4 Å². The molecular weight excluding hydrogens is 322 g/mol. The molecule has 25 heavy (non-hydrogen) atoms. The van der Waals surface area contributed by atoms with E-state index in [-0.39, 0.29) is 17.6 Å². The molecule has 1 N–H and O–H groups in total. The number of benzene rings is 1. The highest BCUT2D eigenvalue weighted by molar-refractivity contribution is 5.93. The lowest BCUT2D eigenvalue weighted by Gasteiger charge is -2.13. The smallest absolute Gasteiger partial charge is 0.275 e. The van der Waals surface area contributed by atoms with Gasteiger partial charge < -0.3 is 9.84 Å². The van der Waals surface area contributed by atoms with Crippen molar-refractivity contribution in [3.8, 4) is 11.4 Å². The summed E-state index contributed by atoms with van der Waals surface area (Å²) in [6.45, 7) is 3.66. The van der Waals surface area contributed by atoms with Crippen LogP contribution < -0.4 is 5.32 Å². The summed E-state index contributed by atoms with van der Waals surface area (Å²) in [5, 5.41) is 14.3. The molecular formula is C17H17N5O3. The van der Waals surface area contributed by atoms with Crippen molar-refractivity contribution in [2.45, 2.75) is 39.2 Å². The summed E-state index contributed by atoms with van der Waals surface area (Å²) in [5.41, 5.74) is 3.91. The maximum atomic E-state index is 12.3.